The number of unbranched alkanes of at least 4 members (excludes halogenated alkanes) is 2. The minimum Gasteiger partial charge on any atom is -0.338 e. The molecule has 1 N–H and O–H groups in total. The van der Waals surface area contributed by atoms with Crippen LogP contribution >= 0.6 is 0 Å². The summed E-state index contributed by atoms with van der Waals surface area (Å²) in [6.07, 6.45) is 5.13. The minimum absolute atomic E-state index is 0.119. The summed E-state index contributed by atoms with van der Waals surface area (Å²) in [4.78, 5) is 14.9. The van der Waals surface area contributed by atoms with Gasteiger partial charge in [0.2, 0.25) is 5.91 Å². The Labute approximate surface area is 139 Å². The Balaban J connectivity index is 2.02. The maximum absolute atomic E-state index is 13.1. The fourth-order valence-corrected chi connectivity index (χ4v) is 3.24. The molecule has 3 nitrogen and oxygen atoms in total. The van der Waals surface area contributed by atoms with E-state index in [-0.39, 0.29) is 17.6 Å². The lowest BCUT2D eigenvalue weighted by Crippen LogP contribution is -2.44. The normalized spacial score (nSPS) is 21.2. The fraction of sp³-hybridized carbons (Fsp3) is 0.632. The number of halogens is 1. The molecule has 1 fully saturated rings. The van der Waals surface area contributed by atoms with E-state index in [4.69, 9.17) is 0 Å². The Hall–Kier alpha value is -1.42. The third-order valence-corrected chi connectivity index (χ3v) is 4.60. The molecular formula is C19H29FN2O. The van der Waals surface area contributed by atoms with Crippen molar-refractivity contribution in [2.24, 2.45) is 5.92 Å². The number of amides is 1. The molecule has 1 amide bonds. The molecule has 1 saturated heterocycles. The van der Waals surface area contributed by atoms with Gasteiger partial charge < -0.3 is 10.2 Å². The Morgan fingerprint density at radius 2 is 2.04 bits per heavy atom. The third kappa shape index (κ3) is 5.61. The molecule has 2 rings (SSSR count). The Bertz CT molecular complexity index is 489. The van der Waals surface area contributed by atoms with Crippen LogP contribution in [0.15, 0.2) is 24.3 Å². The number of benzene rings is 1. The highest BCUT2D eigenvalue weighted by molar-refractivity contribution is 5.79. The fourth-order valence-electron chi connectivity index (χ4n) is 3.24. The molecule has 23 heavy (non-hydrogen) atoms. The molecule has 0 aliphatic carbocycles. The summed E-state index contributed by atoms with van der Waals surface area (Å²) in [6, 6.07) is 6.90. The lowest BCUT2D eigenvalue weighted by Gasteiger charge is -2.32. The van der Waals surface area contributed by atoms with Crippen LogP contribution < -0.4 is 5.32 Å². The number of carbonyl (C=O) groups excluding carboxylic acids is 1. The molecule has 1 aliphatic heterocycles. The first-order valence-corrected chi connectivity index (χ1v) is 8.86. The van der Waals surface area contributed by atoms with Gasteiger partial charge in [0.1, 0.15) is 5.82 Å². The Morgan fingerprint density at radius 1 is 1.30 bits per heavy atom. The zero-order chi connectivity index (χ0) is 16.7. The van der Waals surface area contributed by atoms with Gasteiger partial charge in [0.15, 0.2) is 0 Å². The van der Waals surface area contributed by atoms with E-state index in [1.165, 1.54) is 12.1 Å². The molecule has 0 radical (unpaired) electrons. The first-order chi connectivity index (χ1) is 11.1. The number of hydrogen-bond acceptors (Lipinski definition) is 2. The van der Waals surface area contributed by atoms with Crippen molar-refractivity contribution >= 4 is 5.91 Å². The van der Waals surface area contributed by atoms with Crippen LogP contribution in [-0.2, 0) is 11.3 Å². The topological polar surface area (TPSA) is 32.3 Å². The Morgan fingerprint density at radius 3 is 2.70 bits per heavy atom. The number of piperidine rings is 1. The highest BCUT2D eigenvalue weighted by atomic mass is 19.1. The summed E-state index contributed by atoms with van der Waals surface area (Å²) in [7, 11) is 0. The molecule has 1 aromatic carbocycles. The molecule has 4 heteroatoms. The largest absolute Gasteiger partial charge is 0.338 e. The molecular weight excluding hydrogens is 291 g/mol. The van der Waals surface area contributed by atoms with Crippen LogP contribution in [0.3, 0.4) is 0 Å². The average Bonchev–Trinajstić information content (AvgIpc) is 2.55. The maximum Gasteiger partial charge on any atom is 0.226 e. The number of nitrogens with one attached hydrogen (secondary N) is 1. The van der Waals surface area contributed by atoms with Gasteiger partial charge in [-0.25, -0.2) is 4.39 Å². The minimum atomic E-state index is -0.232. The van der Waals surface area contributed by atoms with Crippen LogP contribution in [0.25, 0.3) is 0 Å². The van der Waals surface area contributed by atoms with Crippen molar-refractivity contribution in [2.45, 2.75) is 58.5 Å². The van der Waals surface area contributed by atoms with Crippen LogP contribution in [0.1, 0.15) is 51.5 Å². The summed E-state index contributed by atoms with van der Waals surface area (Å²) in [6.45, 7) is 6.60. The van der Waals surface area contributed by atoms with Gasteiger partial charge in [-0.3, -0.25) is 4.79 Å². The van der Waals surface area contributed by atoms with E-state index >= 15 is 0 Å². The van der Waals surface area contributed by atoms with Crippen molar-refractivity contribution in [3.63, 3.8) is 0 Å². The van der Waals surface area contributed by atoms with Crippen molar-refractivity contribution in [3.8, 4) is 0 Å². The SMILES string of the molecule is CCCCCN(Cc1ccc(F)cc1)C(=O)[C@H]1CCN[C@@H](C)C1. The molecule has 1 aromatic rings. The van der Waals surface area contributed by atoms with Gasteiger partial charge in [0.25, 0.3) is 0 Å². The van der Waals surface area contributed by atoms with E-state index in [2.05, 4.69) is 19.2 Å². The Kier molecular flexibility index (Phi) is 7.03. The van der Waals surface area contributed by atoms with E-state index in [9.17, 15) is 9.18 Å². The number of nitrogens with zero attached hydrogens (tertiary/aromatic N) is 1. The quantitative estimate of drug-likeness (QED) is 0.776. The van der Waals surface area contributed by atoms with Gasteiger partial charge >= 0.3 is 0 Å². The van der Waals surface area contributed by atoms with Crippen molar-refractivity contribution in [3.05, 3.63) is 35.6 Å². The van der Waals surface area contributed by atoms with Crippen molar-refractivity contribution in [1.82, 2.24) is 10.2 Å². The van der Waals surface area contributed by atoms with E-state index in [1.54, 1.807) is 12.1 Å². The molecule has 0 spiro atoms. The van der Waals surface area contributed by atoms with E-state index in [1.807, 2.05) is 4.90 Å². The molecule has 0 saturated carbocycles. The maximum atomic E-state index is 13.1. The third-order valence-electron chi connectivity index (χ3n) is 4.60. The lowest BCUT2D eigenvalue weighted by atomic mass is 9.91. The molecule has 0 aromatic heterocycles. The summed E-state index contributed by atoms with van der Waals surface area (Å²) >= 11 is 0. The van der Waals surface area contributed by atoms with Gasteiger partial charge in [0, 0.05) is 25.0 Å². The molecule has 0 unspecified atom stereocenters. The molecule has 1 aliphatic rings. The van der Waals surface area contributed by atoms with Crippen LogP contribution in [-0.4, -0.2) is 29.9 Å². The summed E-state index contributed by atoms with van der Waals surface area (Å²) in [5.41, 5.74) is 0.998. The van der Waals surface area contributed by atoms with Gasteiger partial charge in [-0.2, -0.15) is 0 Å². The molecule has 128 valence electrons. The first-order valence-electron chi connectivity index (χ1n) is 8.86. The van der Waals surface area contributed by atoms with Gasteiger partial charge in [-0.1, -0.05) is 31.9 Å². The highest BCUT2D eigenvalue weighted by Crippen LogP contribution is 2.21. The smallest absolute Gasteiger partial charge is 0.226 e. The second-order valence-electron chi connectivity index (χ2n) is 6.67. The second kappa shape index (κ2) is 9.02. The lowest BCUT2D eigenvalue weighted by molar-refractivity contribution is -0.137. The molecule has 1 heterocycles. The van der Waals surface area contributed by atoms with Crippen LogP contribution in [0.5, 0.6) is 0 Å². The van der Waals surface area contributed by atoms with Gasteiger partial charge in [0.05, 0.1) is 0 Å². The van der Waals surface area contributed by atoms with E-state index in [0.717, 1.165) is 50.8 Å². The number of carbonyl (C=O) groups is 1. The second-order valence-corrected chi connectivity index (χ2v) is 6.67. The van der Waals surface area contributed by atoms with E-state index in [0.29, 0.717) is 12.6 Å². The number of rotatable bonds is 7. The predicted molar refractivity (Wildman–Crippen MR) is 91.5 cm³/mol. The standard InChI is InChI=1S/C19H29FN2O/c1-3-4-5-12-22(14-16-6-8-18(20)9-7-16)19(23)17-10-11-21-15(2)13-17/h6-9,15,17,21H,3-5,10-14H2,1-2H3/t15-,17-/m0/s1. The summed E-state index contributed by atoms with van der Waals surface area (Å²) in [5.74, 6) is 0.150. The first kappa shape index (κ1) is 17.9. The van der Waals surface area contributed by atoms with Crippen LogP contribution in [0.2, 0.25) is 0 Å². The van der Waals surface area contributed by atoms with E-state index < -0.39 is 0 Å². The highest BCUT2D eigenvalue weighted by Gasteiger charge is 2.28. The van der Waals surface area contributed by atoms with Crippen molar-refractivity contribution < 1.29 is 9.18 Å². The zero-order valence-electron chi connectivity index (χ0n) is 14.4. The number of hydrogen-bond donors (Lipinski definition) is 1. The zero-order valence-corrected chi connectivity index (χ0v) is 14.4. The van der Waals surface area contributed by atoms with Crippen molar-refractivity contribution in [1.29, 1.82) is 0 Å². The molecule has 0 bridgehead atoms. The summed E-state index contributed by atoms with van der Waals surface area (Å²) < 4.78 is 13.1. The van der Waals surface area contributed by atoms with Crippen molar-refractivity contribution in [2.75, 3.05) is 13.1 Å². The van der Waals surface area contributed by atoms with Gasteiger partial charge in [-0.05, 0) is 50.4 Å². The van der Waals surface area contributed by atoms with Crippen LogP contribution in [0.4, 0.5) is 4.39 Å². The predicted octanol–water partition coefficient (Wildman–Crippen LogP) is 3.73. The summed E-state index contributed by atoms with van der Waals surface area (Å²) in [5, 5.41) is 3.40. The van der Waals surface area contributed by atoms with Crippen LogP contribution in [0, 0.1) is 11.7 Å². The average molecular weight is 320 g/mol. The monoisotopic (exact) mass is 320 g/mol. The van der Waals surface area contributed by atoms with Gasteiger partial charge in [-0.15, -0.1) is 0 Å². The molecule has 2 atom stereocenters.